The summed E-state index contributed by atoms with van der Waals surface area (Å²) in [6.45, 7) is 1.07. The maximum Gasteiger partial charge on any atom is 0.338 e. The molecular formula is C16H16N4O3. The number of nitrogens with one attached hydrogen (secondary N) is 1. The molecule has 2 aromatic rings. The number of amides is 1. The number of carbonyl (C=O) groups is 2. The van der Waals surface area contributed by atoms with Gasteiger partial charge < -0.3 is 15.0 Å². The van der Waals surface area contributed by atoms with Crippen LogP contribution in [0.1, 0.15) is 20.7 Å². The lowest BCUT2D eigenvalue weighted by Gasteiger charge is -2.39. The normalized spacial score (nSPS) is 14.0. The van der Waals surface area contributed by atoms with Crippen molar-refractivity contribution in [3.05, 3.63) is 53.9 Å². The minimum Gasteiger partial charge on any atom is -0.465 e. The highest BCUT2D eigenvalue weighted by atomic mass is 16.5. The van der Waals surface area contributed by atoms with Crippen molar-refractivity contribution in [1.82, 2.24) is 14.9 Å². The number of likely N-dealkylation sites (tertiary alicyclic amines) is 1. The lowest BCUT2D eigenvalue weighted by molar-refractivity contribution is 0.0568. The Hall–Kier alpha value is -2.96. The molecule has 1 aliphatic rings. The van der Waals surface area contributed by atoms with E-state index in [-0.39, 0.29) is 17.5 Å². The number of nitrogens with zero attached hydrogens (tertiary/aromatic N) is 3. The molecule has 0 spiro atoms. The fourth-order valence-corrected chi connectivity index (χ4v) is 2.42. The van der Waals surface area contributed by atoms with Crippen molar-refractivity contribution in [2.75, 3.05) is 25.5 Å². The highest BCUT2D eigenvalue weighted by Crippen LogP contribution is 2.19. The second kappa shape index (κ2) is 6.43. The molecule has 3 rings (SSSR count). The third-order valence-corrected chi connectivity index (χ3v) is 3.63. The monoisotopic (exact) mass is 312 g/mol. The van der Waals surface area contributed by atoms with Gasteiger partial charge in [0.05, 0.1) is 24.3 Å². The van der Waals surface area contributed by atoms with E-state index in [4.69, 9.17) is 4.74 Å². The molecule has 0 radical (unpaired) electrons. The molecule has 0 saturated carbocycles. The molecule has 118 valence electrons. The van der Waals surface area contributed by atoms with Gasteiger partial charge in [-0.15, -0.1) is 0 Å². The van der Waals surface area contributed by atoms with Crippen LogP contribution in [0.5, 0.6) is 0 Å². The first-order valence-electron chi connectivity index (χ1n) is 7.19. The molecule has 1 amide bonds. The van der Waals surface area contributed by atoms with Crippen molar-refractivity contribution < 1.29 is 14.3 Å². The lowest BCUT2D eigenvalue weighted by Crippen LogP contribution is -2.57. The lowest BCUT2D eigenvalue weighted by atomic mass is 10.0. The molecule has 0 unspecified atom stereocenters. The van der Waals surface area contributed by atoms with Crippen molar-refractivity contribution in [3.8, 4) is 0 Å². The topological polar surface area (TPSA) is 84.4 Å². The van der Waals surface area contributed by atoms with E-state index in [1.807, 2.05) is 0 Å². The summed E-state index contributed by atoms with van der Waals surface area (Å²) in [7, 11) is 1.30. The van der Waals surface area contributed by atoms with E-state index < -0.39 is 5.97 Å². The summed E-state index contributed by atoms with van der Waals surface area (Å²) in [6.07, 6.45) is 3.31. The molecule has 1 aromatic heterocycles. The van der Waals surface area contributed by atoms with Gasteiger partial charge in [0.1, 0.15) is 0 Å². The van der Waals surface area contributed by atoms with Crippen LogP contribution in [0, 0.1) is 0 Å². The first kappa shape index (κ1) is 15.0. The van der Waals surface area contributed by atoms with Gasteiger partial charge in [-0.3, -0.25) is 4.79 Å². The highest BCUT2D eigenvalue weighted by Gasteiger charge is 2.33. The Balaban J connectivity index is 1.64. The number of hydrogen-bond acceptors (Lipinski definition) is 6. The Kier molecular flexibility index (Phi) is 4.18. The van der Waals surface area contributed by atoms with Crippen molar-refractivity contribution in [2.24, 2.45) is 0 Å². The van der Waals surface area contributed by atoms with Crippen molar-refractivity contribution >= 4 is 17.8 Å². The number of aromatic nitrogens is 2. The Bertz CT molecular complexity index is 714. The fourth-order valence-electron chi connectivity index (χ4n) is 2.42. The summed E-state index contributed by atoms with van der Waals surface area (Å²) in [4.78, 5) is 34.1. The van der Waals surface area contributed by atoms with Crippen molar-refractivity contribution in [2.45, 2.75) is 6.04 Å². The second-order valence-electron chi connectivity index (χ2n) is 5.16. The maximum atomic E-state index is 12.5. The summed E-state index contributed by atoms with van der Waals surface area (Å²) < 4.78 is 4.72. The van der Waals surface area contributed by atoms with Crippen LogP contribution < -0.4 is 5.32 Å². The molecule has 1 aromatic carbocycles. The Morgan fingerprint density at radius 1 is 1.13 bits per heavy atom. The Morgan fingerprint density at radius 3 is 2.43 bits per heavy atom. The molecule has 7 nitrogen and oxygen atoms in total. The number of benzene rings is 1. The molecule has 2 heterocycles. The zero-order valence-electron chi connectivity index (χ0n) is 12.6. The predicted octanol–water partition coefficient (Wildman–Crippen LogP) is 1.20. The van der Waals surface area contributed by atoms with Crippen LogP contribution in [-0.4, -0.2) is 53.0 Å². The third kappa shape index (κ3) is 3.13. The van der Waals surface area contributed by atoms with E-state index in [1.54, 1.807) is 47.6 Å². The van der Waals surface area contributed by atoms with Crippen LogP contribution in [0.2, 0.25) is 0 Å². The zero-order valence-corrected chi connectivity index (χ0v) is 12.6. The first-order chi connectivity index (χ1) is 11.2. The first-order valence-corrected chi connectivity index (χ1v) is 7.19. The Labute approximate surface area is 133 Å². The molecule has 0 atom stereocenters. The summed E-state index contributed by atoms with van der Waals surface area (Å²) >= 11 is 0. The van der Waals surface area contributed by atoms with E-state index in [9.17, 15) is 9.59 Å². The van der Waals surface area contributed by atoms with Crippen LogP contribution in [0.25, 0.3) is 0 Å². The standard InChI is InChI=1S/C16H16N4O3/c1-23-15(22)13-6-3-2-5-12(13)14(21)20-9-11(10-20)19-16-17-7-4-8-18-16/h2-8,11H,9-10H2,1H3,(H,17,18,19). The van der Waals surface area contributed by atoms with Gasteiger partial charge >= 0.3 is 5.97 Å². The van der Waals surface area contributed by atoms with Crippen molar-refractivity contribution in [1.29, 1.82) is 0 Å². The number of anilines is 1. The number of carbonyl (C=O) groups excluding carboxylic acids is 2. The molecule has 0 bridgehead atoms. The largest absolute Gasteiger partial charge is 0.465 e. The van der Waals surface area contributed by atoms with Crippen LogP contribution in [-0.2, 0) is 4.74 Å². The molecule has 1 fully saturated rings. The van der Waals surface area contributed by atoms with Gasteiger partial charge in [-0.25, -0.2) is 14.8 Å². The van der Waals surface area contributed by atoms with Crippen molar-refractivity contribution in [3.63, 3.8) is 0 Å². The highest BCUT2D eigenvalue weighted by molar-refractivity contribution is 6.05. The number of rotatable bonds is 4. The number of hydrogen-bond donors (Lipinski definition) is 1. The molecular weight excluding hydrogens is 296 g/mol. The molecule has 0 aliphatic carbocycles. The predicted molar refractivity (Wildman–Crippen MR) is 83.1 cm³/mol. The molecule has 1 N–H and O–H groups in total. The van der Waals surface area contributed by atoms with E-state index in [0.29, 0.717) is 24.6 Å². The summed E-state index contributed by atoms with van der Waals surface area (Å²) in [5.41, 5.74) is 0.636. The minimum atomic E-state index is -0.512. The average Bonchev–Trinajstić information content (AvgIpc) is 2.57. The van der Waals surface area contributed by atoms with Gasteiger partial charge in [0.25, 0.3) is 5.91 Å². The molecule has 7 heteroatoms. The zero-order chi connectivity index (χ0) is 16.2. The number of ether oxygens (including phenoxy) is 1. The van der Waals surface area contributed by atoms with E-state index in [2.05, 4.69) is 15.3 Å². The smallest absolute Gasteiger partial charge is 0.338 e. The van der Waals surface area contributed by atoms with E-state index in [1.165, 1.54) is 7.11 Å². The van der Waals surface area contributed by atoms with Crippen LogP contribution in [0.4, 0.5) is 5.95 Å². The summed E-state index contributed by atoms with van der Waals surface area (Å²) in [5, 5.41) is 3.16. The van der Waals surface area contributed by atoms with Gasteiger partial charge in [0.15, 0.2) is 0 Å². The second-order valence-corrected chi connectivity index (χ2v) is 5.16. The number of esters is 1. The van der Waals surface area contributed by atoms with Gasteiger partial charge in [-0.2, -0.15) is 0 Å². The fraction of sp³-hybridized carbons (Fsp3) is 0.250. The van der Waals surface area contributed by atoms with Crippen LogP contribution >= 0.6 is 0 Å². The third-order valence-electron chi connectivity index (χ3n) is 3.63. The quantitative estimate of drug-likeness (QED) is 0.854. The van der Waals surface area contributed by atoms with Gasteiger partial charge in [0, 0.05) is 25.5 Å². The van der Waals surface area contributed by atoms with E-state index in [0.717, 1.165) is 0 Å². The average molecular weight is 312 g/mol. The van der Waals surface area contributed by atoms with Crippen LogP contribution in [0.15, 0.2) is 42.7 Å². The number of methoxy groups -OCH3 is 1. The van der Waals surface area contributed by atoms with Gasteiger partial charge in [0.2, 0.25) is 5.95 Å². The van der Waals surface area contributed by atoms with Gasteiger partial charge in [-0.1, -0.05) is 12.1 Å². The molecule has 1 aliphatic heterocycles. The summed E-state index contributed by atoms with van der Waals surface area (Å²) in [5.74, 6) is -0.153. The molecule has 1 saturated heterocycles. The Morgan fingerprint density at radius 2 is 1.78 bits per heavy atom. The molecule has 23 heavy (non-hydrogen) atoms. The summed E-state index contributed by atoms with van der Waals surface area (Å²) in [6, 6.07) is 8.50. The SMILES string of the molecule is COC(=O)c1ccccc1C(=O)N1CC(Nc2ncccn2)C1. The van der Waals surface area contributed by atoms with Crippen LogP contribution in [0.3, 0.4) is 0 Å². The van der Waals surface area contributed by atoms with Gasteiger partial charge in [-0.05, 0) is 18.2 Å². The minimum absolute atomic E-state index is 0.103. The van der Waals surface area contributed by atoms with E-state index >= 15 is 0 Å². The maximum absolute atomic E-state index is 12.5.